The van der Waals surface area contributed by atoms with Crippen molar-refractivity contribution in [1.82, 2.24) is 14.8 Å². The van der Waals surface area contributed by atoms with Crippen LogP contribution in [0.1, 0.15) is 17.2 Å². The minimum atomic E-state index is -0.688. The highest BCUT2D eigenvalue weighted by Crippen LogP contribution is 2.28. The summed E-state index contributed by atoms with van der Waals surface area (Å²) in [4.78, 5) is 4.21. The fraction of sp³-hybridized carbons (Fsp3) is 0.412. The molecule has 0 saturated heterocycles. The summed E-state index contributed by atoms with van der Waals surface area (Å²) in [7, 11) is 1.60. The summed E-state index contributed by atoms with van der Waals surface area (Å²) >= 11 is 0. The second-order valence-corrected chi connectivity index (χ2v) is 5.33. The van der Waals surface area contributed by atoms with Crippen LogP contribution in [-0.4, -0.2) is 39.7 Å². The lowest BCUT2D eigenvalue weighted by atomic mass is 10.1. The Bertz CT molecular complexity index is 667. The first kappa shape index (κ1) is 17.0. The average Bonchev–Trinajstić information content (AvgIpc) is 2.83. The van der Waals surface area contributed by atoms with Crippen LogP contribution in [0.5, 0.6) is 11.5 Å². The molecule has 0 saturated carbocycles. The van der Waals surface area contributed by atoms with Crippen molar-refractivity contribution in [3.63, 3.8) is 0 Å². The molecule has 1 N–H and O–H groups in total. The number of hydrogen-bond acceptors (Lipinski definition) is 5. The van der Waals surface area contributed by atoms with Gasteiger partial charge in [0.25, 0.3) is 0 Å². The molecule has 0 aliphatic heterocycles. The van der Waals surface area contributed by atoms with E-state index in [4.69, 9.17) is 9.47 Å². The van der Waals surface area contributed by atoms with Crippen LogP contribution >= 0.6 is 0 Å². The minimum Gasteiger partial charge on any atom is -0.493 e. The van der Waals surface area contributed by atoms with E-state index in [0.29, 0.717) is 23.9 Å². The van der Waals surface area contributed by atoms with Crippen molar-refractivity contribution in [2.24, 2.45) is 0 Å². The van der Waals surface area contributed by atoms with Gasteiger partial charge in [-0.05, 0) is 38.0 Å². The van der Waals surface area contributed by atoms with E-state index in [2.05, 4.69) is 16.7 Å². The molecule has 1 heterocycles. The first-order valence-electron chi connectivity index (χ1n) is 7.50. The fourth-order valence-corrected chi connectivity index (χ4v) is 2.30. The van der Waals surface area contributed by atoms with E-state index >= 15 is 0 Å². The Kier molecular flexibility index (Phi) is 5.76. The predicted octanol–water partition coefficient (Wildman–Crippen LogP) is 2.07. The highest BCUT2D eigenvalue weighted by atomic mass is 16.5. The maximum atomic E-state index is 10.1. The van der Waals surface area contributed by atoms with Gasteiger partial charge in [-0.15, -0.1) is 6.58 Å². The second kappa shape index (κ2) is 7.78. The topological polar surface area (TPSA) is 69.4 Å². The summed E-state index contributed by atoms with van der Waals surface area (Å²) in [5, 5.41) is 14.4. The van der Waals surface area contributed by atoms with Crippen LogP contribution in [-0.2, 0) is 13.0 Å². The molecular formula is C17H23N3O3. The zero-order valence-electron chi connectivity index (χ0n) is 13.8. The number of rotatable bonds is 8. The molecule has 0 amide bonds. The molecule has 0 bridgehead atoms. The number of aliphatic hydroxyl groups excluding tert-OH is 1. The van der Waals surface area contributed by atoms with Crippen molar-refractivity contribution in [2.75, 3.05) is 13.7 Å². The summed E-state index contributed by atoms with van der Waals surface area (Å²) in [6.45, 7) is 7.89. The van der Waals surface area contributed by atoms with Crippen molar-refractivity contribution in [3.05, 3.63) is 48.1 Å². The van der Waals surface area contributed by atoms with Gasteiger partial charge in [0, 0.05) is 0 Å². The maximum Gasteiger partial charge on any atom is 0.161 e. The normalized spacial score (nSPS) is 12.0. The molecule has 124 valence electrons. The molecule has 0 spiro atoms. The molecule has 2 rings (SSSR count). The summed E-state index contributed by atoms with van der Waals surface area (Å²) < 4.78 is 12.7. The lowest BCUT2D eigenvalue weighted by Crippen LogP contribution is -2.25. The molecule has 0 aliphatic carbocycles. The van der Waals surface area contributed by atoms with Crippen LogP contribution in [0.3, 0.4) is 0 Å². The Morgan fingerprint density at radius 1 is 1.35 bits per heavy atom. The monoisotopic (exact) mass is 317 g/mol. The van der Waals surface area contributed by atoms with Gasteiger partial charge in [0.1, 0.15) is 24.4 Å². The molecule has 1 aromatic heterocycles. The van der Waals surface area contributed by atoms with Gasteiger partial charge in [-0.25, -0.2) is 9.67 Å². The molecule has 0 aliphatic rings. The largest absolute Gasteiger partial charge is 0.493 e. The van der Waals surface area contributed by atoms with Gasteiger partial charge in [-0.3, -0.25) is 0 Å². The Hall–Kier alpha value is -2.34. The number of nitrogens with zero attached hydrogens (tertiary/aromatic N) is 3. The van der Waals surface area contributed by atoms with Crippen LogP contribution in [0.25, 0.3) is 0 Å². The number of aromatic nitrogens is 3. The van der Waals surface area contributed by atoms with E-state index in [-0.39, 0.29) is 6.61 Å². The first-order valence-corrected chi connectivity index (χ1v) is 7.50. The second-order valence-electron chi connectivity index (χ2n) is 5.33. The van der Waals surface area contributed by atoms with E-state index in [1.807, 2.05) is 38.1 Å². The third-order valence-electron chi connectivity index (χ3n) is 3.39. The van der Waals surface area contributed by atoms with Crippen LogP contribution in [0.2, 0.25) is 0 Å². The zero-order chi connectivity index (χ0) is 16.8. The van der Waals surface area contributed by atoms with Crippen molar-refractivity contribution >= 4 is 0 Å². The maximum absolute atomic E-state index is 10.1. The van der Waals surface area contributed by atoms with Gasteiger partial charge in [0.15, 0.2) is 11.5 Å². The number of benzene rings is 1. The Morgan fingerprint density at radius 3 is 2.74 bits per heavy atom. The third kappa shape index (κ3) is 4.56. The van der Waals surface area contributed by atoms with E-state index < -0.39 is 6.10 Å². The van der Waals surface area contributed by atoms with E-state index in [1.165, 1.54) is 0 Å². The Labute approximate surface area is 136 Å². The molecule has 0 radical (unpaired) electrons. The zero-order valence-corrected chi connectivity index (χ0v) is 13.8. The van der Waals surface area contributed by atoms with E-state index in [1.54, 1.807) is 11.8 Å². The molecule has 0 fully saturated rings. The van der Waals surface area contributed by atoms with Crippen LogP contribution < -0.4 is 9.47 Å². The van der Waals surface area contributed by atoms with E-state index in [0.717, 1.165) is 17.8 Å². The van der Waals surface area contributed by atoms with Gasteiger partial charge < -0.3 is 14.6 Å². The highest BCUT2D eigenvalue weighted by Gasteiger charge is 2.12. The molecular weight excluding hydrogens is 294 g/mol. The molecule has 1 unspecified atom stereocenters. The van der Waals surface area contributed by atoms with Crippen LogP contribution in [0.15, 0.2) is 30.9 Å². The molecule has 2 aromatic rings. The quantitative estimate of drug-likeness (QED) is 0.755. The van der Waals surface area contributed by atoms with Crippen molar-refractivity contribution in [2.45, 2.75) is 32.9 Å². The summed E-state index contributed by atoms with van der Waals surface area (Å²) in [5.41, 5.74) is 1.10. The van der Waals surface area contributed by atoms with Gasteiger partial charge in [0.2, 0.25) is 0 Å². The number of aliphatic hydroxyl groups is 1. The SMILES string of the molecule is C=CCc1ccc(OCC(O)Cn2nc(C)nc2C)c(OC)c1. The van der Waals surface area contributed by atoms with Gasteiger partial charge in [0.05, 0.1) is 13.7 Å². The minimum absolute atomic E-state index is 0.148. The van der Waals surface area contributed by atoms with Crippen LogP contribution in [0.4, 0.5) is 0 Å². The lowest BCUT2D eigenvalue weighted by Gasteiger charge is -2.15. The number of allylic oxidation sites excluding steroid dienone is 1. The average molecular weight is 317 g/mol. The molecule has 6 heteroatoms. The number of methoxy groups -OCH3 is 1. The van der Waals surface area contributed by atoms with Gasteiger partial charge >= 0.3 is 0 Å². The smallest absolute Gasteiger partial charge is 0.161 e. The first-order chi connectivity index (χ1) is 11.0. The van der Waals surface area contributed by atoms with Crippen molar-refractivity contribution in [3.8, 4) is 11.5 Å². The van der Waals surface area contributed by atoms with Gasteiger partial charge in [-0.2, -0.15) is 5.10 Å². The molecule has 1 atom stereocenters. The summed E-state index contributed by atoms with van der Waals surface area (Å²) in [5.74, 6) is 2.71. The lowest BCUT2D eigenvalue weighted by molar-refractivity contribution is 0.0871. The Morgan fingerprint density at radius 2 is 2.13 bits per heavy atom. The summed E-state index contributed by atoms with van der Waals surface area (Å²) in [6, 6.07) is 5.71. The molecule has 23 heavy (non-hydrogen) atoms. The number of aryl methyl sites for hydroxylation is 2. The van der Waals surface area contributed by atoms with Crippen LogP contribution in [0, 0.1) is 13.8 Å². The summed E-state index contributed by atoms with van der Waals surface area (Å²) in [6.07, 6.45) is 1.92. The number of hydrogen-bond donors (Lipinski definition) is 1. The fourth-order valence-electron chi connectivity index (χ4n) is 2.30. The van der Waals surface area contributed by atoms with Gasteiger partial charge in [-0.1, -0.05) is 12.1 Å². The van der Waals surface area contributed by atoms with Crippen molar-refractivity contribution in [1.29, 1.82) is 0 Å². The molecule has 6 nitrogen and oxygen atoms in total. The third-order valence-corrected chi connectivity index (χ3v) is 3.39. The molecule has 1 aromatic carbocycles. The van der Waals surface area contributed by atoms with E-state index in [9.17, 15) is 5.11 Å². The highest BCUT2D eigenvalue weighted by molar-refractivity contribution is 5.43. The Balaban J connectivity index is 1.96. The standard InChI is InChI=1S/C17H23N3O3/c1-5-6-14-7-8-16(17(9-14)22-4)23-11-15(21)10-20-13(3)18-12(2)19-20/h5,7-9,15,21H,1,6,10-11H2,2-4H3. The van der Waals surface area contributed by atoms with Crippen molar-refractivity contribution < 1.29 is 14.6 Å². The predicted molar refractivity (Wildman–Crippen MR) is 87.9 cm³/mol. The number of ether oxygens (including phenoxy) is 2.